The standard InChI is InChI=1S/C74H99FN8O11/c1-46-39-80(57(41-79-30-31-92-44-47(79)2)42-81(46)70(91)94-73(10,11)12)43-66(87)83-45-74(13,59-29-24-50(33-61(59)83)32-49-22-26-55(75)27-23-49)68(89)76-38-65(86)77-56-28-25-52-35-62(64(85)36-53-20-17-19-51-18-15-16-21-58(51)53)82(40-54(52)34-56)67(88)60(71(4,5)6)37-63(84)48(3)78(14)69(90)93-72(7,8)9/h15-16,18,21-29,33-34,46-48,53,57,60,62H,17,19-20,30-32,35-45H2,1-14H3,(H,76,89)(H,77,86)/t46-,47-,48+,53?,57+,60-,62+,74+/m1/s1. The molecule has 4 heterocycles. The molecule has 0 radical (unpaired) electrons. The first-order valence-corrected chi connectivity index (χ1v) is 33.5. The number of benzene rings is 4. The number of anilines is 2. The molecule has 8 atom stereocenters. The molecular weight excluding hydrogens is 1200 g/mol. The molecule has 0 saturated carbocycles. The van der Waals surface area contributed by atoms with Crippen LogP contribution in [0.2, 0.25) is 0 Å². The van der Waals surface area contributed by atoms with Gasteiger partial charge in [0.1, 0.15) is 17.0 Å². The van der Waals surface area contributed by atoms with E-state index in [-0.39, 0.29) is 92.1 Å². The highest BCUT2D eigenvalue weighted by molar-refractivity contribution is 6.04. The average molecular weight is 1300 g/mol. The maximum Gasteiger partial charge on any atom is 0.410 e. The lowest BCUT2D eigenvalue weighted by Crippen LogP contribution is -2.64. The number of carbonyl (C=O) groups excluding carboxylic acids is 8. The average Bonchev–Trinajstić information content (AvgIpc) is 1.56. The van der Waals surface area contributed by atoms with Crippen LogP contribution in [0.4, 0.5) is 25.4 Å². The highest BCUT2D eigenvalue weighted by atomic mass is 19.1. The van der Waals surface area contributed by atoms with Gasteiger partial charge in [0, 0.05) is 101 Å². The summed E-state index contributed by atoms with van der Waals surface area (Å²) in [6, 6.07) is 23.3. The number of fused-ring (bicyclic) bond motifs is 3. The number of nitrogens with zero attached hydrogens (tertiary/aromatic N) is 6. The largest absolute Gasteiger partial charge is 0.444 e. The molecule has 0 bridgehead atoms. The fourth-order valence-corrected chi connectivity index (χ4v) is 14.0. The van der Waals surface area contributed by atoms with Crippen molar-refractivity contribution in [3.8, 4) is 0 Å². The van der Waals surface area contributed by atoms with Gasteiger partial charge in [-0.2, -0.15) is 0 Å². The first-order chi connectivity index (χ1) is 44.2. The molecule has 508 valence electrons. The number of amides is 6. The first-order valence-electron chi connectivity index (χ1n) is 33.5. The number of morpholine rings is 1. The lowest BCUT2D eigenvalue weighted by atomic mass is 9.75. The topological polar surface area (TPSA) is 208 Å². The number of hydrogen-bond acceptors (Lipinski definition) is 13. The zero-order valence-corrected chi connectivity index (χ0v) is 57.7. The molecule has 5 aliphatic rings. The van der Waals surface area contributed by atoms with Crippen LogP contribution in [0.15, 0.2) is 84.9 Å². The summed E-state index contributed by atoms with van der Waals surface area (Å²) in [6.07, 6.45) is 2.33. The molecule has 19 nitrogen and oxygen atoms in total. The number of ketones is 2. The summed E-state index contributed by atoms with van der Waals surface area (Å²) in [7, 11) is 1.50. The van der Waals surface area contributed by atoms with E-state index >= 15 is 9.59 Å². The second kappa shape index (κ2) is 28.8. The molecule has 2 N–H and O–H groups in total. The van der Waals surface area contributed by atoms with Gasteiger partial charge in [-0.05, 0) is 176 Å². The van der Waals surface area contributed by atoms with Gasteiger partial charge in [-0.25, -0.2) is 14.0 Å². The van der Waals surface area contributed by atoms with Gasteiger partial charge in [-0.1, -0.05) is 75.4 Å². The summed E-state index contributed by atoms with van der Waals surface area (Å²) in [5.41, 5.74) is 3.61. The minimum atomic E-state index is -1.32. The summed E-state index contributed by atoms with van der Waals surface area (Å²) in [5, 5.41) is 5.84. The Hall–Kier alpha value is -7.55. The van der Waals surface area contributed by atoms with E-state index in [2.05, 4.69) is 39.5 Å². The zero-order chi connectivity index (χ0) is 68.4. The summed E-state index contributed by atoms with van der Waals surface area (Å²) in [5.74, 6) is -3.27. The van der Waals surface area contributed by atoms with Crippen LogP contribution < -0.4 is 15.5 Å². The quantitative estimate of drug-likeness (QED) is 0.0952. The third-order valence-corrected chi connectivity index (χ3v) is 19.5. The Morgan fingerprint density at radius 1 is 0.798 bits per heavy atom. The molecule has 4 aromatic carbocycles. The van der Waals surface area contributed by atoms with Crippen LogP contribution in [0.25, 0.3) is 0 Å². The van der Waals surface area contributed by atoms with E-state index < -0.39 is 70.6 Å². The SMILES string of the molecule is C[C@@H]1COCCN1C[C@H]1CN(C(=O)OC(C)(C)C)[C@H](C)CN1CC(=O)N1C[C@](C)(C(=O)NCC(=O)Nc2ccc3c(c2)CN(C(=O)[C@@H](CC(=O)[C@H](C)N(C)C(=O)OC(C)(C)C)C(C)(C)C)[C@H](C(=O)CC2CCCc4ccccc42)C3)c2ccc(Cc3ccc(F)cc3)cc21. The number of ether oxygens (including phenoxy) is 3. The van der Waals surface area contributed by atoms with E-state index in [1.807, 2.05) is 84.9 Å². The molecule has 20 heteroatoms. The summed E-state index contributed by atoms with van der Waals surface area (Å²) >= 11 is 0. The Balaban J connectivity index is 0.933. The summed E-state index contributed by atoms with van der Waals surface area (Å²) in [4.78, 5) is 126. The lowest BCUT2D eigenvalue weighted by Gasteiger charge is -2.47. The lowest BCUT2D eigenvalue weighted by molar-refractivity contribution is -0.149. The van der Waals surface area contributed by atoms with Crippen molar-refractivity contribution in [3.63, 3.8) is 0 Å². The predicted molar refractivity (Wildman–Crippen MR) is 359 cm³/mol. The molecule has 0 spiro atoms. The van der Waals surface area contributed by atoms with Crippen molar-refractivity contribution in [2.24, 2.45) is 11.3 Å². The van der Waals surface area contributed by atoms with Gasteiger partial charge in [-0.3, -0.25) is 38.6 Å². The van der Waals surface area contributed by atoms with E-state index in [9.17, 15) is 33.2 Å². The first kappa shape index (κ1) is 70.8. The van der Waals surface area contributed by atoms with E-state index in [1.165, 1.54) is 29.6 Å². The molecule has 4 aromatic rings. The van der Waals surface area contributed by atoms with Crippen LogP contribution in [0, 0.1) is 17.2 Å². The minimum Gasteiger partial charge on any atom is -0.444 e. The molecule has 6 amide bonds. The van der Waals surface area contributed by atoms with Gasteiger partial charge in [-0.15, -0.1) is 0 Å². The summed E-state index contributed by atoms with van der Waals surface area (Å²) in [6.45, 7) is 26.5. The number of hydrogen-bond donors (Lipinski definition) is 2. The summed E-state index contributed by atoms with van der Waals surface area (Å²) < 4.78 is 31.2. The van der Waals surface area contributed by atoms with Crippen molar-refractivity contribution in [1.82, 2.24) is 29.8 Å². The van der Waals surface area contributed by atoms with Crippen molar-refractivity contribution in [1.29, 1.82) is 0 Å². The molecule has 1 unspecified atom stereocenters. The Kier molecular flexibility index (Phi) is 21.7. The monoisotopic (exact) mass is 1290 g/mol. The van der Waals surface area contributed by atoms with Crippen molar-refractivity contribution in [2.45, 2.75) is 194 Å². The number of nitrogens with one attached hydrogen (secondary N) is 2. The van der Waals surface area contributed by atoms with Gasteiger partial charge < -0.3 is 44.4 Å². The maximum atomic E-state index is 15.4. The molecule has 1 aliphatic carbocycles. The predicted octanol–water partition coefficient (Wildman–Crippen LogP) is 10.0. The molecule has 2 saturated heterocycles. The Labute approximate surface area is 554 Å². The Morgan fingerprint density at radius 2 is 1.50 bits per heavy atom. The highest BCUT2D eigenvalue weighted by Gasteiger charge is 2.49. The third-order valence-electron chi connectivity index (χ3n) is 19.5. The number of likely N-dealkylation sites (N-methyl/N-ethyl adjacent to an activating group) is 1. The fourth-order valence-electron chi connectivity index (χ4n) is 14.0. The van der Waals surface area contributed by atoms with E-state index in [0.717, 1.165) is 41.5 Å². The van der Waals surface area contributed by atoms with Crippen LogP contribution in [0.3, 0.4) is 0 Å². The number of piperazine rings is 1. The normalized spacial score (nSPS) is 22.4. The Bertz CT molecular complexity index is 3480. The molecule has 2 fully saturated rings. The van der Waals surface area contributed by atoms with Crippen LogP contribution in [-0.2, 0) is 74.2 Å². The van der Waals surface area contributed by atoms with E-state index in [1.54, 1.807) is 73.6 Å². The number of halogens is 1. The van der Waals surface area contributed by atoms with Gasteiger partial charge in [0.2, 0.25) is 23.6 Å². The minimum absolute atomic E-state index is 0.0118. The third kappa shape index (κ3) is 16.9. The second-order valence-electron chi connectivity index (χ2n) is 30.2. The van der Waals surface area contributed by atoms with Crippen molar-refractivity contribution < 1.29 is 57.0 Å². The van der Waals surface area contributed by atoms with Crippen LogP contribution in [0.1, 0.15) is 161 Å². The van der Waals surface area contributed by atoms with Crippen LogP contribution >= 0.6 is 0 Å². The smallest absolute Gasteiger partial charge is 0.410 e. The van der Waals surface area contributed by atoms with Gasteiger partial charge in [0.05, 0.1) is 43.8 Å². The van der Waals surface area contributed by atoms with Crippen molar-refractivity contribution in [2.75, 3.05) is 76.3 Å². The molecule has 4 aliphatic heterocycles. The molecule has 0 aromatic heterocycles. The molecule has 9 rings (SSSR count). The van der Waals surface area contributed by atoms with Gasteiger partial charge in [0.15, 0.2) is 11.6 Å². The maximum absolute atomic E-state index is 15.4. The Morgan fingerprint density at radius 3 is 2.19 bits per heavy atom. The van der Waals surface area contributed by atoms with Gasteiger partial charge >= 0.3 is 12.2 Å². The van der Waals surface area contributed by atoms with E-state index in [4.69, 9.17) is 14.2 Å². The number of rotatable bonds is 18. The number of Topliss-reactive ketones (excluding diaryl/α,β-unsaturated/α-hetero) is 2. The van der Waals surface area contributed by atoms with Gasteiger partial charge in [0.25, 0.3) is 0 Å². The number of carbonyl (C=O) groups is 8. The van der Waals surface area contributed by atoms with Crippen LogP contribution in [0.5, 0.6) is 0 Å². The van der Waals surface area contributed by atoms with Crippen molar-refractivity contribution >= 4 is 58.8 Å². The second-order valence-corrected chi connectivity index (χ2v) is 30.2. The van der Waals surface area contributed by atoms with Crippen molar-refractivity contribution in [3.05, 3.63) is 130 Å². The zero-order valence-electron chi connectivity index (χ0n) is 57.7. The van der Waals surface area contributed by atoms with Crippen LogP contribution in [-0.4, -0.2) is 179 Å². The van der Waals surface area contributed by atoms with E-state index in [0.29, 0.717) is 68.3 Å². The molecule has 94 heavy (non-hydrogen) atoms. The molecular formula is C74H99FN8O11. The number of aryl methyl sites for hydroxylation is 1. The highest BCUT2D eigenvalue weighted by Crippen LogP contribution is 2.43. The fraction of sp³-hybridized carbons (Fsp3) is 0.568.